The number of aryl methyl sites for hydroxylation is 1. The first kappa shape index (κ1) is 22.6. The molecule has 7 heteroatoms. The second kappa shape index (κ2) is 10.8. The third-order valence-corrected chi connectivity index (χ3v) is 6.81. The van der Waals surface area contributed by atoms with Crippen molar-refractivity contribution in [2.24, 2.45) is 0 Å². The molecule has 0 atom stereocenters. The van der Waals surface area contributed by atoms with Crippen molar-refractivity contribution < 1.29 is 0 Å². The van der Waals surface area contributed by atoms with Crippen molar-refractivity contribution in [2.75, 3.05) is 37.6 Å². The molecule has 1 aliphatic heterocycles. The molecule has 5 rings (SSSR count). The van der Waals surface area contributed by atoms with Gasteiger partial charge in [-0.15, -0.1) is 5.10 Å². The van der Waals surface area contributed by atoms with E-state index in [0.717, 1.165) is 62.2 Å². The summed E-state index contributed by atoms with van der Waals surface area (Å²) in [5.74, 6) is 0.900. The minimum atomic E-state index is 0.0107. The van der Waals surface area contributed by atoms with E-state index in [9.17, 15) is 0 Å². The highest BCUT2D eigenvalue weighted by Crippen LogP contribution is 2.30. The fourth-order valence-corrected chi connectivity index (χ4v) is 4.98. The monoisotopic (exact) mass is 472 g/mol. The van der Waals surface area contributed by atoms with E-state index in [4.69, 9.17) is 11.6 Å². The summed E-state index contributed by atoms with van der Waals surface area (Å²) < 4.78 is 1.98. The van der Waals surface area contributed by atoms with Gasteiger partial charge < -0.3 is 4.90 Å². The lowest BCUT2D eigenvalue weighted by Crippen LogP contribution is -2.46. The number of benzene rings is 3. The van der Waals surface area contributed by atoms with Crippen LogP contribution in [0.5, 0.6) is 0 Å². The summed E-state index contributed by atoms with van der Waals surface area (Å²) >= 11 is 6.39. The molecular formula is C27H29ClN6. The maximum Gasteiger partial charge on any atom is 0.163 e. The van der Waals surface area contributed by atoms with Crippen LogP contribution < -0.4 is 4.90 Å². The van der Waals surface area contributed by atoms with Crippen LogP contribution in [0, 0.1) is 0 Å². The summed E-state index contributed by atoms with van der Waals surface area (Å²) in [4.78, 5) is 4.89. The summed E-state index contributed by atoms with van der Waals surface area (Å²) in [5.41, 5.74) is 3.52. The highest BCUT2D eigenvalue weighted by molar-refractivity contribution is 6.33. The molecular weight excluding hydrogens is 444 g/mol. The molecule has 2 heterocycles. The van der Waals surface area contributed by atoms with Crippen molar-refractivity contribution >= 4 is 17.3 Å². The smallest absolute Gasteiger partial charge is 0.163 e. The molecule has 1 aliphatic rings. The fourth-order valence-electron chi connectivity index (χ4n) is 4.72. The number of tetrazole rings is 1. The minimum absolute atomic E-state index is 0.0107. The van der Waals surface area contributed by atoms with Gasteiger partial charge in [0.2, 0.25) is 0 Å². The zero-order valence-electron chi connectivity index (χ0n) is 19.2. The Bertz CT molecular complexity index is 1130. The molecule has 1 aromatic heterocycles. The number of hydrogen-bond donors (Lipinski definition) is 0. The summed E-state index contributed by atoms with van der Waals surface area (Å²) in [6.45, 7) is 5.86. The second-order valence-corrected chi connectivity index (χ2v) is 9.06. The number of anilines is 1. The van der Waals surface area contributed by atoms with Crippen LogP contribution in [0.15, 0.2) is 84.9 Å². The van der Waals surface area contributed by atoms with Gasteiger partial charge in [0.25, 0.3) is 0 Å². The van der Waals surface area contributed by atoms with Gasteiger partial charge in [-0.2, -0.15) is 0 Å². The Morgan fingerprint density at radius 2 is 1.35 bits per heavy atom. The summed E-state index contributed by atoms with van der Waals surface area (Å²) in [5, 5.41) is 13.7. The molecule has 0 N–H and O–H groups in total. The zero-order chi connectivity index (χ0) is 23.2. The summed E-state index contributed by atoms with van der Waals surface area (Å²) in [6, 6.07) is 29.1. The number of aromatic nitrogens is 4. The molecule has 0 radical (unpaired) electrons. The van der Waals surface area contributed by atoms with E-state index in [1.807, 2.05) is 28.9 Å². The minimum Gasteiger partial charge on any atom is -0.368 e. The van der Waals surface area contributed by atoms with Crippen LogP contribution in [0.25, 0.3) is 0 Å². The number of para-hydroxylation sites is 1. The fraction of sp³-hybridized carbons (Fsp3) is 0.296. The maximum atomic E-state index is 6.39. The number of rotatable bonds is 8. The van der Waals surface area contributed by atoms with E-state index in [-0.39, 0.29) is 5.92 Å². The summed E-state index contributed by atoms with van der Waals surface area (Å²) in [6.07, 6.45) is 1.00. The van der Waals surface area contributed by atoms with Crippen molar-refractivity contribution in [3.05, 3.63) is 107 Å². The number of halogens is 1. The molecule has 4 aromatic rings. The second-order valence-electron chi connectivity index (χ2n) is 8.65. The molecule has 34 heavy (non-hydrogen) atoms. The van der Waals surface area contributed by atoms with E-state index >= 15 is 0 Å². The Labute approximate surface area is 205 Å². The maximum absolute atomic E-state index is 6.39. The zero-order valence-corrected chi connectivity index (χ0v) is 19.9. The van der Waals surface area contributed by atoms with E-state index in [2.05, 4.69) is 86.0 Å². The number of hydrogen-bond acceptors (Lipinski definition) is 5. The van der Waals surface area contributed by atoms with Gasteiger partial charge in [-0.25, -0.2) is 4.68 Å². The van der Waals surface area contributed by atoms with Crippen LogP contribution in [0.1, 0.15) is 29.3 Å². The predicted molar refractivity (Wildman–Crippen MR) is 136 cm³/mol. The molecule has 3 aromatic carbocycles. The molecule has 1 saturated heterocycles. The molecule has 0 unspecified atom stereocenters. The van der Waals surface area contributed by atoms with Crippen LogP contribution in [0.4, 0.5) is 5.69 Å². The average molecular weight is 473 g/mol. The van der Waals surface area contributed by atoms with Crippen molar-refractivity contribution in [1.29, 1.82) is 0 Å². The first-order valence-electron chi connectivity index (χ1n) is 11.9. The highest BCUT2D eigenvalue weighted by Gasteiger charge is 2.23. The quantitative estimate of drug-likeness (QED) is 0.371. The lowest BCUT2D eigenvalue weighted by molar-refractivity contribution is 0.248. The molecule has 0 bridgehead atoms. The molecule has 174 valence electrons. The highest BCUT2D eigenvalue weighted by atomic mass is 35.5. The molecule has 0 saturated carbocycles. The van der Waals surface area contributed by atoms with E-state index in [1.165, 1.54) is 11.1 Å². The molecule has 0 spiro atoms. The van der Waals surface area contributed by atoms with Gasteiger partial charge in [0.05, 0.1) is 16.6 Å². The van der Waals surface area contributed by atoms with Gasteiger partial charge >= 0.3 is 0 Å². The molecule has 0 aliphatic carbocycles. The SMILES string of the molecule is Clc1ccccc1N1CCN(CCCn2nnnc2C(c2ccccc2)c2ccccc2)CC1. The van der Waals surface area contributed by atoms with Gasteiger partial charge in [0.15, 0.2) is 5.82 Å². The summed E-state index contributed by atoms with van der Waals surface area (Å²) in [7, 11) is 0. The Morgan fingerprint density at radius 1 is 0.735 bits per heavy atom. The van der Waals surface area contributed by atoms with Crippen LogP contribution >= 0.6 is 11.6 Å². The Morgan fingerprint density at radius 3 is 2.00 bits per heavy atom. The topological polar surface area (TPSA) is 50.1 Å². The Balaban J connectivity index is 1.22. The number of nitrogens with zero attached hydrogens (tertiary/aromatic N) is 6. The Hall–Kier alpha value is -3.22. The first-order valence-corrected chi connectivity index (χ1v) is 12.2. The van der Waals surface area contributed by atoms with Gasteiger partial charge in [-0.3, -0.25) is 4.90 Å². The van der Waals surface area contributed by atoms with Gasteiger partial charge in [0.1, 0.15) is 0 Å². The van der Waals surface area contributed by atoms with Crippen molar-refractivity contribution in [2.45, 2.75) is 18.9 Å². The van der Waals surface area contributed by atoms with Crippen LogP contribution in [-0.4, -0.2) is 57.8 Å². The molecule has 6 nitrogen and oxygen atoms in total. The third-order valence-electron chi connectivity index (χ3n) is 6.49. The van der Waals surface area contributed by atoms with E-state index in [0.29, 0.717) is 0 Å². The standard InChI is InChI=1S/C27H29ClN6/c28-24-14-7-8-15-25(24)33-20-18-32(19-21-33)16-9-17-34-27(29-30-31-34)26(22-10-3-1-4-11-22)23-12-5-2-6-13-23/h1-8,10-15,26H,9,16-21H2. The Kier molecular flexibility index (Phi) is 7.17. The van der Waals surface area contributed by atoms with Crippen molar-refractivity contribution in [1.82, 2.24) is 25.1 Å². The largest absolute Gasteiger partial charge is 0.368 e. The number of piperazine rings is 1. The van der Waals surface area contributed by atoms with E-state index in [1.54, 1.807) is 0 Å². The normalized spacial score (nSPS) is 14.6. The van der Waals surface area contributed by atoms with Gasteiger partial charge in [-0.05, 0) is 40.1 Å². The molecule has 0 amide bonds. The third kappa shape index (κ3) is 5.13. The lowest BCUT2D eigenvalue weighted by atomic mass is 9.90. The first-order chi connectivity index (χ1) is 16.8. The van der Waals surface area contributed by atoms with Crippen LogP contribution in [0.2, 0.25) is 5.02 Å². The van der Waals surface area contributed by atoms with Crippen molar-refractivity contribution in [3.8, 4) is 0 Å². The lowest BCUT2D eigenvalue weighted by Gasteiger charge is -2.36. The molecule has 1 fully saturated rings. The van der Waals surface area contributed by atoms with E-state index < -0.39 is 0 Å². The van der Waals surface area contributed by atoms with Crippen LogP contribution in [0.3, 0.4) is 0 Å². The van der Waals surface area contributed by atoms with Gasteiger partial charge in [0, 0.05) is 39.3 Å². The van der Waals surface area contributed by atoms with Gasteiger partial charge in [-0.1, -0.05) is 84.4 Å². The average Bonchev–Trinajstić information content (AvgIpc) is 3.34. The van der Waals surface area contributed by atoms with Crippen LogP contribution in [-0.2, 0) is 6.54 Å². The van der Waals surface area contributed by atoms with Crippen molar-refractivity contribution in [3.63, 3.8) is 0 Å². The predicted octanol–water partition coefficient (Wildman–Crippen LogP) is 4.72.